The van der Waals surface area contributed by atoms with Gasteiger partial charge in [-0.15, -0.1) is 0 Å². The van der Waals surface area contributed by atoms with Gasteiger partial charge in [0.05, 0.1) is 0 Å². The molecule has 0 spiro atoms. The van der Waals surface area contributed by atoms with Crippen LogP contribution in [0.25, 0.3) is 0 Å². The molecule has 1 aromatic rings. The molecule has 2 amide bonds. The van der Waals surface area contributed by atoms with Crippen LogP contribution in [0, 0.1) is 12.8 Å². The van der Waals surface area contributed by atoms with Crippen LogP contribution >= 0.6 is 0 Å². The third-order valence-corrected chi connectivity index (χ3v) is 4.31. The molecule has 1 fully saturated rings. The van der Waals surface area contributed by atoms with Crippen molar-refractivity contribution in [3.8, 4) is 0 Å². The maximum Gasteiger partial charge on any atom is 0.435 e. The minimum Gasteiger partial charge on any atom is -0.338 e. The highest BCUT2D eigenvalue weighted by Gasteiger charge is 2.34. The maximum absolute atomic E-state index is 12.7. The van der Waals surface area contributed by atoms with Gasteiger partial charge in [-0.3, -0.25) is 4.68 Å². The van der Waals surface area contributed by atoms with E-state index in [9.17, 15) is 18.0 Å². The molecule has 1 saturated carbocycles. The van der Waals surface area contributed by atoms with E-state index in [-0.39, 0.29) is 18.0 Å². The van der Waals surface area contributed by atoms with Gasteiger partial charge in [-0.1, -0.05) is 26.2 Å². The molecule has 1 heterocycles. The summed E-state index contributed by atoms with van der Waals surface area (Å²) >= 11 is 0. The fourth-order valence-corrected chi connectivity index (χ4v) is 2.94. The predicted octanol–water partition coefficient (Wildman–Crippen LogP) is 3.48. The zero-order chi connectivity index (χ0) is 17.7. The number of urea groups is 1. The molecular weight excluding hydrogens is 321 g/mol. The van der Waals surface area contributed by atoms with Crippen molar-refractivity contribution in [3.05, 3.63) is 17.5 Å². The molecule has 1 aliphatic rings. The Bertz CT molecular complexity index is 550. The molecule has 1 aromatic heterocycles. The number of aryl methyl sites for hydroxylation is 1. The molecule has 0 saturated heterocycles. The molecule has 24 heavy (non-hydrogen) atoms. The van der Waals surface area contributed by atoms with Gasteiger partial charge in [-0.25, -0.2) is 4.79 Å². The second-order valence-electron chi connectivity index (χ2n) is 6.65. The number of aromatic nitrogens is 2. The number of hydrogen-bond acceptors (Lipinski definition) is 2. The topological polar surface area (TPSA) is 59.0 Å². The van der Waals surface area contributed by atoms with Crippen LogP contribution < -0.4 is 10.6 Å². The highest BCUT2D eigenvalue weighted by atomic mass is 19.4. The molecule has 0 aromatic carbocycles. The average molecular weight is 346 g/mol. The lowest BCUT2D eigenvalue weighted by molar-refractivity contribution is -0.141. The molecule has 0 radical (unpaired) electrons. The Morgan fingerprint density at radius 1 is 1.38 bits per heavy atom. The highest BCUT2D eigenvalue weighted by molar-refractivity contribution is 5.74. The van der Waals surface area contributed by atoms with Crippen LogP contribution in [-0.4, -0.2) is 28.4 Å². The number of carbonyl (C=O) groups is 1. The second-order valence-corrected chi connectivity index (χ2v) is 6.65. The van der Waals surface area contributed by atoms with E-state index in [0.717, 1.165) is 31.7 Å². The van der Waals surface area contributed by atoms with Gasteiger partial charge >= 0.3 is 12.2 Å². The van der Waals surface area contributed by atoms with Crippen molar-refractivity contribution in [2.45, 2.75) is 64.7 Å². The van der Waals surface area contributed by atoms with Crippen molar-refractivity contribution in [1.82, 2.24) is 20.4 Å². The van der Waals surface area contributed by atoms with Crippen LogP contribution in [-0.2, 0) is 12.7 Å². The summed E-state index contributed by atoms with van der Waals surface area (Å²) in [7, 11) is 0. The van der Waals surface area contributed by atoms with Gasteiger partial charge in [0.25, 0.3) is 0 Å². The van der Waals surface area contributed by atoms with Gasteiger partial charge in [0.2, 0.25) is 0 Å². The molecule has 2 rings (SSSR count). The summed E-state index contributed by atoms with van der Waals surface area (Å²) in [6, 6.07) is 1.06. The Kier molecular flexibility index (Phi) is 6.12. The summed E-state index contributed by atoms with van der Waals surface area (Å²) in [5, 5.41) is 9.35. The van der Waals surface area contributed by atoms with Gasteiger partial charge in [0, 0.05) is 24.8 Å². The van der Waals surface area contributed by atoms with Crippen molar-refractivity contribution in [2.24, 2.45) is 5.92 Å². The molecule has 0 aliphatic heterocycles. The number of carbonyl (C=O) groups excluding carboxylic acids is 1. The number of alkyl halides is 3. The van der Waals surface area contributed by atoms with E-state index >= 15 is 0 Å². The lowest BCUT2D eigenvalue weighted by Gasteiger charge is -2.23. The Labute approximate surface area is 140 Å². The van der Waals surface area contributed by atoms with E-state index in [1.165, 1.54) is 11.1 Å². The molecular formula is C16H25F3N4O. The van der Waals surface area contributed by atoms with Gasteiger partial charge in [0.1, 0.15) is 0 Å². The van der Waals surface area contributed by atoms with Crippen LogP contribution in [0.3, 0.4) is 0 Å². The third-order valence-electron chi connectivity index (χ3n) is 4.31. The van der Waals surface area contributed by atoms with Crippen molar-refractivity contribution in [3.63, 3.8) is 0 Å². The third kappa shape index (κ3) is 5.42. The largest absolute Gasteiger partial charge is 0.435 e. The van der Waals surface area contributed by atoms with Crippen molar-refractivity contribution >= 4 is 6.03 Å². The lowest BCUT2D eigenvalue weighted by atomic mass is 9.96. The number of halogens is 3. The SMILES string of the molecule is Cc1cc(C(F)(F)F)nn1C[C@@H](C)CNC(=O)NC1CCCCC1. The summed E-state index contributed by atoms with van der Waals surface area (Å²) in [6.07, 6.45) is 1.09. The molecule has 0 unspecified atom stereocenters. The summed E-state index contributed by atoms with van der Waals surface area (Å²) in [5.74, 6) is -0.0261. The zero-order valence-electron chi connectivity index (χ0n) is 14.1. The van der Waals surface area contributed by atoms with Crippen LogP contribution in [0.5, 0.6) is 0 Å². The van der Waals surface area contributed by atoms with Crippen molar-refractivity contribution in [1.29, 1.82) is 0 Å². The molecule has 1 atom stereocenters. The Balaban J connectivity index is 1.77. The van der Waals surface area contributed by atoms with Crippen LogP contribution in [0.2, 0.25) is 0 Å². The van der Waals surface area contributed by atoms with Crippen LogP contribution in [0.4, 0.5) is 18.0 Å². The van der Waals surface area contributed by atoms with Gasteiger partial charge in [-0.2, -0.15) is 18.3 Å². The quantitative estimate of drug-likeness (QED) is 0.857. The van der Waals surface area contributed by atoms with Crippen LogP contribution in [0.15, 0.2) is 6.07 Å². The van der Waals surface area contributed by atoms with E-state index in [1.807, 2.05) is 6.92 Å². The van der Waals surface area contributed by atoms with E-state index < -0.39 is 11.9 Å². The van der Waals surface area contributed by atoms with E-state index in [0.29, 0.717) is 18.8 Å². The van der Waals surface area contributed by atoms with E-state index in [4.69, 9.17) is 0 Å². The summed E-state index contributed by atoms with van der Waals surface area (Å²) in [6.45, 7) is 4.18. The Morgan fingerprint density at radius 3 is 2.62 bits per heavy atom. The van der Waals surface area contributed by atoms with E-state index in [1.54, 1.807) is 6.92 Å². The first-order chi connectivity index (χ1) is 11.3. The second kappa shape index (κ2) is 7.90. The Morgan fingerprint density at radius 2 is 2.04 bits per heavy atom. The van der Waals surface area contributed by atoms with Crippen molar-refractivity contribution in [2.75, 3.05) is 6.54 Å². The fourth-order valence-electron chi connectivity index (χ4n) is 2.94. The molecule has 2 N–H and O–H groups in total. The first-order valence-corrected chi connectivity index (χ1v) is 8.41. The number of rotatable bonds is 5. The number of hydrogen-bond donors (Lipinski definition) is 2. The molecule has 136 valence electrons. The number of amides is 2. The molecule has 5 nitrogen and oxygen atoms in total. The standard InChI is InChI=1S/C16H25F3N4O/c1-11(9-20-15(24)21-13-6-4-3-5-7-13)10-23-12(2)8-14(22-23)16(17,18)19/h8,11,13H,3-7,9-10H2,1-2H3,(H2,20,21,24)/t11-/m0/s1. The van der Waals surface area contributed by atoms with Gasteiger partial charge in [-0.05, 0) is 31.7 Å². The monoisotopic (exact) mass is 346 g/mol. The minimum atomic E-state index is -4.43. The smallest absolute Gasteiger partial charge is 0.338 e. The average Bonchev–Trinajstić information content (AvgIpc) is 2.87. The number of nitrogens with zero attached hydrogens (tertiary/aromatic N) is 2. The molecule has 1 aliphatic carbocycles. The van der Waals surface area contributed by atoms with Gasteiger partial charge < -0.3 is 10.6 Å². The number of nitrogens with one attached hydrogen (secondary N) is 2. The van der Waals surface area contributed by atoms with E-state index in [2.05, 4.69) is 15.7 Å². The minimum absolute atomic E-state index is 0.0261. The van der Waals surface area contributed by atoms with Crippen molar-refractivity contribution < 1.29 is 18.0 Å². The predicted molar refractivity (Wildman–Crippen MR) is 84.5 cm³/mol. The summed E-state index contributed by atoms with van der Waals surface area (Å²) in [4.78, 5) is 11.9. The first-order valence-electron chi connectivity index (χ1n) is 8.41. The first kappa shape index (κ1) is 18.6. The fraction of sp³-hybridized carbons (Fsp3) is 0.750. The molecule has 0 bridgehead atoms. The maximum atomic E-state index is 12.7. The zero-order valence-corrected chi connectivity index (χ0v) is 14.1. The lowest BCUT2D eigenvalue weighted by Crippen LogP contribution is -2.44. The Hall–Kier alpha value is -1.73. The highest BCUT2D eigenvalue weighted by Crippen LogP contribution is 2.28. The van der Waals surface area contributed by atoms with Gasteiger partial charge in [0.15, 0.2) is 5.69 Å². The summed E-state index contributed by atoms with van der Waals surface area (Å²) < 4.78 is 39.3. The summed E-state index contributed by atoms with van der Waals surface area (Å²) in [5.41, 5.74) is -0.420. The normalized spacial score (nSPS) is 17.5. The van der Waals surface area contributed by atoms with Crippen LogP contribution in [0.1, 0.15) is 50.4 Å². The molecule has 8 heteroatoms.